The molecule has 0 aliphatic heterocycles. The Hall–Kier alpha value is -7.69. The number of para-hydroxylation sites is 1. The summed E-state index contributed by atoms with van der Waals surface area (Å²) in [6, 6.07) is 72.8. The average Bonchev–Trinajstić information content (AvgIpc) is 3.64. The lowest BCUT2D eigenvalue weighted by molar-refractivity contribution is 1.08. The third-order valence-corrected chi connectivity index (χ3v) is 11.1. The molecule has 11 aromatic rings. The largest absolute Gasteiger partial charge is 0.309 e. The normalized spacial score (nSPS) is 11.5. The van der Waals surface area contributed by atoms with E-state index in [0.717, 1.165) is 44.3 Å². The molecule has 0 aliphatic rings. The minimum atomic E-state index is 0.635. The smallest absolute Gasteiger partial charge is 0.164 e. The minimum Gasteiger partial charge on any atom is -0.309 e. The Balaban J connectivity index is 0.972. The molecule has 0 saturated carbocycles. The average molecular weight is 727 g/mol. The Bertz CT molecular complexity index is 3260. The molecule has 57 heavy (non-hydrogen) atoms. The quantitative estimate of drug-likeness (QED) is 0.171. The molecule has 0 aliphatic carbocycles. The fourth-order valence-electron chi connectivity index (χ4n) is 8.34. The van der Waals surface area contributed by atoms with Crippen molar-refractivity contribution in [3.05, 3.63) is 206 Å². The predicted octanol–water partition coefficient (Wildman–Crippen LogP) is 13.6. The van der Waals surface area contributed by atoms with Crippen molar-refractivity contribution >= 4 is 43.4 Å². The van der Waals surface area contributed by atoms with E-state index in [-0.39, 0.29) is 0 Å². The molecule has 0 radical (unpaired) electrons. The van der Waals surface area contributed by atoms with Gasteiger partial charge in [0.05, 0.1) is 11.0 Å². The molecule has 4 heteroatoms. The monoisotopic (exact) mass is 726 g/mol. The minimum absolute atomic E-state index is 0.635. The van der Waals surface area contributed by atoms with Gasteiger partial charge >= 0.3 is 0 Å². The van der Waals surface area contributed by atoms with Crippen molar-refractivity contribution < 1.29 is 0 Å². The van der Waals surface area contributed by atoms with Crippen molar-refractivity contribution in [2.75, 3.05) is 0 Å². The van der Waals surface area contributed by atoms with E-state index in [1.165, 1.54) is 43.7 Å². The van der Waals surface area contributed by atoms with Crippen LogP contribution < -0.4 is 0 Å². The summed E-state index contributed by atoms with van der Waals surface area (Å²) in [5, 5.41) is 7.34. The Labute approximate surface area is 330 Å². The van der Waals surface area contributed by atoms with E-state index in [0.29, 0.717) is 17.5 Å². The molecule has 0 spiro atoms. The maximum Gasteiger partial charge on any atom is 0.164 e. The van der Waals surface area contributed by atoms with Crippen LogP contribution in [-0.2, 0) is 0 Å². The van der Waals surface area contributed by atoms with Gasteiger partial charge in [-0.05, 0) is 74.1 Å². The van der Waals surface area contributed by atoms with Crippen molar-refractivity contribution in [1.82, 2.24) is 19.5 Å². The molecular formula is C53H34N4. The maximum atomic E-state index is 5.14. The number of fused-ring (bicyclic) bond motifs is 6. The highest BCUT2D eigenvalue weighted by molar-refractivity contribution is 6.21. The summed E-state index contributed by atoms with van der Waals surface area (Å²) >= 11 is 0. The van der Waals surface area contributed by atoms with Gasteiger partial charge in [-0.15, -0.1) is 0 Å². The molecular weight excluding hydrogens is 693 g/mol. The van der Waals surface area contributed by atoms with E-state index in [9.17, 15) is 0 Å². The van der Waals surface area contributed by atoms with Crippen LogP contribution in [-0.4, -0.2) is 19.5 Å². The first-order chi connectivity index (χ1) is 28.3. The van der Waals surface area contributed by atoms with Crippen LogP contribution in [0, 0.1) is 0 Å². The highest BCUT2D eigenvalue weighted by Crippen LogP contribution is 2.38. The Morgan fingerprint density at radius 1 is 0.281 bits per heavy atom. The molecule has 11 rings (SSSR count). The molecule has 0 N–H and O–H groups in total. The molecule has 266 valence electrons. The van der Waals surface area contributed by atoms with Crippen LogP contribution in [0.5, 0.6) is 0 Å². The van der Waals surface area contributed by atoms with Gasteiger partial charge in [-0.25, -0.2) is 15.0 Å². The topological polar surface area (TPSA) is 43.6 Å². The molecule has 0 fully saturated rings. The zero-order valence-corrected chi connectivity index (χ0v) is 30.9. The molecule has 0 atom stereocenters. The summed E-state index contributed by atoms with van der Waals surface area (Å²) < 4.78 is 2.38. The number of benzene rings is 9. The molecule has 9 aromatic carbocycles. The first kappa shape index (κ1) is 32.7. The molecule has 2 aromatic heterocycles. The van der Waals surface area contributed by atoms with Crippen molar-refractivity contribution in [1.29, 1.82) is 0 Å². The van der Waals surface area contributed by atoms with Crippen LogP contribution >= 0.6 is 0 Å². The SMILES string of the molecule is c1ccc(-c2nc(-c3ccc(-c4ccc(-n5c6ccccc6c6c7ccccc7ccc65)cc4)cc3)nc(-c3ccc(-c4ccccc4)c4ccccc34)n2)cc1. The number of rotatable bonds is 6. The third-order valence-electron chi connectivity index (χ3n) is 11.1. The first-order valence-electron chi connectivity index (χ1n) is 19.3. The van der Waals surface area contributed by atoms with Crippen molar-refractivity contribution in [3.63, 3.8) is 0 Å². The number of hydrogen-bond donors (Lipinski definition) is 0. The van der Waals surface area contributed by atoms with Gasteiger partial charge in [0.25, 0.3) is 0 Å². The lowest BCUT2D eigenvalue weighted by Crippen LogP contribution is -2.00. The fraction of sp³-hybridized carbons (Fsp3) is 0. The van der Waals surface area contributed by atoms with Gasteiger partial charge in [0.2, 0.25) is 0 Å². The molecule has 2 heterocycles. The van der Waals surface area contributed by atoms with E-state index in [2.05, 4.69) is 180 Å². The Morgan fingerprint density at radius 2 is 0.772 bits per heavy atom. The van der Waals surface area contributed by atoms with Crippen LogP contribution in [0.25, 0.3) is 105 Å². The zero-order valence-electron chi connectivity index (χ0n) is 30.9. The molecule has 0 amide bonds. The van der Waals surface area contributed by atoms with Gasteiger partial charge in [-0.3, -0.25) is 0 Å². The number of aromatic nitrogens is 4. The Kier molecular flexibility index (Phi) is 7.78. The second-order valence-electron chi connectivity index (χ2n) is 14.4. The van der Waals surface area contributed by atoms with E-state index < -0.39 is 0 Å². The molecule has 4 nitrogen and oxygen atoms in total. The van der Waals surface area contributed by atoms with Gasteiger partial charge < -0.3 is 4.57 Å². The summed E-state index contributed by atoms with van der Waals surface area (Å²) in [6.45, 7) is 0. The predicted molar refractivity (Wildman–Crippen MR) is 236 cm³/mol. The van der Waals surface area contributed by atoms with Crippen LogP contribution in [0.1, 0.15) is 0 Å². The van der Waals surface area contributed by atoms with Crippen LogP contribution in [0.3, 0.4) is 0 Å². The molecule has 0 saturated heterocycles. The summed E-state index contributed by atoms with van der Waals surface area (Å²) in [7, 11) is 0. The Morgan fingerprint density at radius 3 is 1.47 bits per heavy atom. The van der Waals surface area contributed by atoms with E-state index in [1.54, 1.807) is 0 Å². The van der Waals surface area contributed by atoms with Gasteiger partial charge in [0.1, 0.15) is 0 Å². The van der Waals surface area contributed by atoms with Crippen LogP contribution in [0.4, 0.5) is 0 Å². The lowest BCUT2D eigenvalue weighted by atomic mass is 9.94. The van der Waals surface area contributed by atoms with Crippen LogP contribution in [0.15, 0.2) is 206 Å². The van der Waals surface area contributed by atoms with Gasteiger partial charge in [-0.1, -0.05) is 176 Å². The number of hydrogen-bond acceptors (Lipinski definition) is 3. The first-order valence-corrected chi connectivity index (χ1v) is 19.3. The fourth-order valence-corrected chi connectivity index (χ4v) is 8.34. The summed E-state index contributed by atoms with van der Waals surface area (Å²) in [4.78, 5) is 15.2. The number of nitrogens with zero attached hydrogens (tertiary/aromatic N) is 4. The van der Waals surface area contributed by atoms with Crippen LogP contribution in [0.2, 0.25) is 0 Å². The van der Waals surface area contributed by atoms with E-state index >= 15 is 0 Å². The molecule has 0 bridgehead atoms. The van der Waals surface area contributed by atoms with E-state index in [1.807, 2.05) is 30.3 Å². The van der Waals surface area contributed by atoms with Crippen molar-refractivity contribution in [2.24, 2.45) is 0 Å². The van der Waals surface area contributed by atoms with Gasteiger partial charge in [0.15, 0.2) is 17.5 Å². The van der Waals surface area contributed by atoms with Gasteiger partial charge in [-0.2, -0.15) is 0 Å². The van der Waals surface area contributed by atoms with Gasteiger partial charge in [0, 0.05) is 33.2 Å². The summed E-state index contributed by atoms with van der Waals surface area (Å²) in [6.07, 6.45) is 0. The maximum absolute atomic E-state index is 5.14. The van der Waals surface area contributed by atoms with E-state index in [4.69, 9.17) is 15.0 Å². The lowest BCUT2D eigenvalue weighted by Gasteiger charge is -2.13. The third kappa shape index (κ3) is 5.66. The zero-order chi connectivity index (χ0) is 37.7. The van der Waals surface area contributed by atoms with Crippen molar-refractivity contribution in [3.8, 4) is 62.1 Å². The standard InChI is InChI=1S/C53H34N4/c1-3-13-37(14-4-1)42-32-33-46(45-20-10-9-19-44(42)45)53-55-51(39-16-5-2-6-17-39)54-52(56-53)40-25-23-35(24-26-40)36-27-30-41(31-28-36)57-48-22-12-11-21-47(48)50-43-18-8-7-15-38(43)29-34-49(50)57/h1-34H. The molecule has 0 unspecified atom stereocenters. The summed E-state index contributed by atoms with van der Waals surface area (Å²) in [5.74, 6) is 1.92. The highest BCUT2D eigenvalue weighted by atomic mass is 15.0. The highest BCUT2D eigenvalue weighted by Gasteiger charge is 2.17. The summed E-state index contributed by atoms with van der Waals surface area (Å²) in [5.41, 5.74) is 11.0. The van der Waals surface area contributed by atoms with Crippen molar-refractivity contribution in [2.45, 2.75) is 0 Å². The second kappa shape index (κ2) is 13.6. The second-order valence-corrected chi connectivity index (χ2v) is 14.4.